The summed E-state index contributed by atoms with van der Waals surface area (Å²) in [5.74, 6) is 1.78. The van der Waals surface area contributed by atoms with Gasteiger partial charge >= 0.3 is 12.2 Å². The molecule has 2 bridgehead atoms. The van der Waals surface area contributed by atoms with Gasteiger partial charge in [-0.1, -0.05) is 62.4 Å². The van der Waals surface area contributed by atoms with Gasteiger partial charge in [-0.2, -0.15) is 0 Å². The number of hydrogen-bond donors (Lipinski definition) is 3. The summed E-state index contributed by atoms with van der Waals surface area (Å²) in [6, 6.07) is 20.7. The SMILES string of the molecule is COC(=O)N[C@H](C(=O)N1CC2(CC2)C[C@H]1c1ncc(-c2ccc3cc(-c4ccc(-c5cnc([C@@H]6C7CCC(C7)N6C(=O)OC(C)(C)C)[nH]5)cc4)ccc3c2)[nH]1)C(C)C. The van der Waals surface area contributed by atoms with Crippen LogP contribution in [-0.4, -0.2) is 79.2 Å². The number of carbonyl (C=O) groups is 3. The van der Waals surface area contributed by atoms with E-state index in [4.69, 9.17) is 19.4 Å². The van der Waals surface area contributed by atoms with Crippen LogP contribution in [-0.2, 0) is 14.3 Å². The summed E-state index contributed by atoms with van der Waals surface area (Å²) >= 11 is 0. The fourth-order valence-corrected chi connectivity index (χ4v) is 9.59. The van der Waals surface area contributed by atoms with Crippen LogP contribution in [0.4, 0.5) is 9.59 Å². The topological polar surface area (TPSA) is 146 Å². The van der Waals surface area contributed by atoms with Gasteiger partial charge in [-0.05, 0) is 116 Å². The summed E-state index contributed by atoms with van der Waals surface area (Å²) in [6.45, 7) is 10.3. The number of H-pyrrole nitrogens is 2. The number of aromatic nitrogens is 4. The molecule has 5 atom stereocenters. The third-order valence-electron chi connectivity index (χ3n) is 12.8. The van der Waals surface area contributed by atoms with Crippen LogP contribution in [0.1, 0.15) is 96.9 Å². The molecule has 2 unspecified atom stereocenters. The minimum atomic E-state index is -0.678. The predicted octanol–water partition coefficient (Wildman–Crippen LogP) is 9.18. The lowest BCUT2D eigenvalue weighted by atomic mass is 9.98. The van der Waals surface area contributed by atoms with Crippen LogP contribution in [0.25, 0.3) is 44.4 Å². The Kier molecular flexibility index (Phi) is 9.36. The van der Waals surface area contributed by atoms with E-state index < -0.39 is 17.7 Å². The maximum atomic E-state index is 13.9. The number of methoxy groups -OCH3 is 1. The number of likely N-dealkylation sites (tertiary alicyclic amines) is 2. The summed E-state index contributed by atoms with van der Waals surface area (Å²) in [7, 11) is 1.31. The number of ether oxygens (including phenoxy) is 2. The van der Waals surface area contributed by atoms with Crippen molar-refractivity contribution in [3.05, 3.63) is 84.7 Å². The van der Waals surface area contributed by atoms with Crippen molar-refractivity contribution in [2.45, 2.75) is 103 Å². The second-order valence-corrected chi connectivity index (χ2v) is 18.3. The molecule has 4 aliphatic rings. The van der Waals surface area contributed by atoms with E-state index in [-0.39, 0.29) is 41.5 Å². The molecule has 9 rings (SSSR count). The highest BCUT2D eigenvalue weighted by atomic mass is 16.6. The Balaban J connectivity index is 0.897. The van der Waals surface area contributed by atoms with Crippen molar-refractivity contribution in [3.63, 3.8) is 0 Å². The van der Waals surface area contributed by atoms with Gasteiger partial charge in [0.15, 0.2) is 0 Å². The first-order chi connectivity index (χ1) is 27.8. The van der Waals surface area contributed by atoms with E-state index in [1.165, 1.54) is 7.11 Å². The number of fused-ring (bicyclic) bond motifs is 3. The zero-order valence-electron chi connectivity index (χ0n) is 34.2. The van der Waals surface area contributed by atoms with Crippen LogP contribution >= 0.6 is 0 Å². The predicted molar refractivity (Wildman–Crippen MR) is 221 cm³/mol. The number of hydrogen-bond acceptors (Lipinski definition) is 7. The van der Waals surface area contributed by atoms with E-state index in [1.807, 2.05) is 56.8 Å². The molecule has 2 saturated heterocycles. The molecule has 12 heteroatoms. The molecule has 2 saturated carbocycles. The van der Waals surface area contributed by atoms with E-state index in [0.29, 0.717) is 12.5 Å². The maximum Gasteiger partial charge on any atom is 0.411 e. The quantitative estimate of drug-likeness (QED) is 0.142. The molecule has 3 N–H and O–H groups in total. The standard InChI is InChI=1S/C46H53N7O5/c1-26(2)38(51-43(55)57-6)42(54)52-25-46(17-18-46)22-37(52)40-47-24-36(49-40)32-14-13-30-19-29(11-12-31(30)20-32)27-7-9-28(10-8-27)35-23-48-41(50-35)39-33-15-16-34(21-33)53(39)44(56)58-45(3,4)5/h7-14,19-20,23-24,26,33-34,37-39H,15-18,21-22,25H2,1-6H3,(H,47,49)(H,48,50)(H,51,55)/t33?,34?,37-,38-,39-/m0/s1. The zero-order valence-corrected chi connectivity index (χ0v) is 34.2. The average Bonchev–Trinajstić information content (AvgIpc) is 3.83. The molecule has 4 heterocycles. The van der Waals surface area contributed by atoms with Crippen LogP contribution < -0.4 is 5.32 Å². The molecule has 2 aromatic heterocycles. The largest absolute Gasteiger partial charge is 0.453 e. The Hall–Kier alpha value is -5.65. The summed E-state index contributed by atoms with van der Waals surface area (Å²) in [4.78, 5) is 59.8. The van der Waals surface area contributed by atoms with Gasteiger partial charge in [0.05, 0.1) is 43.0 Å². The highest BCUT2D eigenvalue weighted by molar-refractivity contribution is 5.91. The molecule has 3 aromatic carbocycles. The molecular formula is C46H53N7O5. The number of amides is 3. The van der Waals surface area contributed by atoms with Crippen molar-refractivity contribution >= 4 is 28.9 Å². The number of benzene rings is 3. The average molecular weight is 784 g/mol. The van der Waals surface area contributed by atoms with Gasteiger partial charge in [0.1, 0.15) is 23.3 Å². The first-order valence-corrected chi connectivity index (χ1v) is 20.7. The molecule has 2 aliphatic carbocycles. The fraction of sp³-hybridized carbons (Fsp3) is 0.457. The number of aromatic amines is 2. The molecule has 0 radical (unpaired) electrons. The van der Waals surface area contributed by atoms with Gasteiger partial charge in [0.25, 0.3) is 0 Å². The Bertz CT molecular complexity index is 2370. The monoisotopic (exact) mass is 783 g/mol. The van der Waals surface area contributed by atoms with Gasteiger partial charge in [-0.15, -0.1) is 0 Å². The Labute approximate surface area is 339 Å². The van der Waals surface area contributed by atoms with Crippen LogP contribution in [0.15, 0.2) is 73.1 Å². The van der Waals surface area contributed by atoms with E-state index in [0.717, 1.165) is 94.6 Å². The zero-order chi connectivity index (χ0) is 40.5. The van der Waals surface area contributed by atoms with Crippen LogP contribution in [0.3, 0.4) is 0 Å². The lowest BCUT2D eigenvalue weighted by molar-refractivity contribution is -0.135. The lowest BCUT2D eigenvalue weighted by Crippen LogP contribution is -2.51. The molecule has 2 aliphatic heterocycles. The number of imidazole rings is 2. The number of rotatable bonds is 8. The summed E-state index contributed by atoms with van der Waals surface area (Å²) in [5, 5.41) is 5.00. The van der Waals surface area contributed by atoms with Crippen molar-refractivity contribution in [1.82, 2.24) is 35.1 Å². The van der Waals surface area contributed by atoms with Crippen molar-refractivity contribution in [2.24, 2.45) is 17.3 Å². The van der Waals surface area contributed by atoms with Crippen LogP contribution in [0, 0.1) is 17.3 Å². The molecule has 5 aromatic rings. The van der Waals surface area contributed by atoms with Crippen molar-refractivity contribution in [2.75, 3.05) is 13.7 Å². The van der Waals surface area contributed by atoms with Crippen molar-refractivity contribution in [3.8, 4) is 33.6 Å². The van der Waals surface area contributed by atoms with Crippen molar-refractivity contribution < 1.29 is 23.9 Å². The Morgan fingerprint density at radius 1 is 0.845 bits per heavy atom. The second-order valence-electron chi connectivity index (χ2n) is 18.3. The normalized spacial score (nSPS) is 22.5. The molecule has 302 valence electrons. The molecule has 12 nitrogen and oxygen atoms in total. The second kappa shape index (κ2) is 14.3. The van der Waals surface area contributed by atoms with E-state index in [2.05, 4.69) is 75.9 Å². The summed E-state index contributed by atoms with van der Waals surface area (Å²) in [6.07, 6.45) is 9.02. The van der Waals surface area contributed by atoms with Gasteiger partial charge < -0.3 is 29.7 Å². The van der Waals surface area contributed by atoms with E-state index >= 15 is 0 Å². The Morgan fingerprint density at radius 3 is 2.14 bits per heavy atom. The lowest BCUT2D eigenvalue weighted by Gasteiger charge is -2.35. The van der Waals surface area contributed by atoms with E-state index in [9.17, 15) is 14.4 Å². The molecular weight excluding hydrogens is 731 g/mol. The highest BCUT2D eigenvalue weighted by Crippen LogP contribution is 2.58. The minimum Gasteiger partial charge on any atom is -0.453 e. The highest BCUT2D eigenvalue weighted by Gasteiger charge is 2.55. The number of nitrogens with zero attached hydrogens (tertiary/aromatic N) is 4. The number of piperidine rings is 1. The van der Waals surface area contributed by atoms with Crippen LogP contribution in [0.5, 0.6) is 0 Å². The number of carbonyl (C=O) groups excluding carboxylic acids is 3. The minimum absolute atomic E-state index is 0.0961. The van der Waals surface area contributed by atoms with Gasteiger partial charge in [-0.25, -0.2) is 19.6 Å². The first-order valence-electron chi connectivity index (χ1n) is 20.7. The first kappa shape index (κ1) is 37.9. The van der Waals surface area contributed by atoms with Gasteiger partial charge in [-0.3, -0.25) is 9.69 Å². The van der Waals surface area contributed by atoms with Crippen molar-refractivity contribution in [1.29, 1.82) is 0 Å². The third-order valence-corrected chi connectivity index (χ3v) is 12.8. The molecule has 58 heavy (non-hydrogen) atoms. The van der Waals surface area contributed by atoms with Crippen LogP contribution in [0.2, 0.25) is 0 Å². The molecule has 4 fully saturated rings. The third kappa shape index (κ3) is 7.11. The van der Waals surface area contributed by atoms with Gasteiger partial charge in [0.2, 0.25) is 5.91 Å². The van der Waals surface area contributed by atoms with E-state index in [1.54, 1.807) is 0 Å². The Morgan fingerprint density at radius 2 is 1.47 bits per heavy atom. The van der Waals surface area contributed by atoms with Gasteiger partial charge in [0, 0.05) is 18.2 Å². The molecule has 1 spiro atoms. The summed E-state index contributed by atoms with van der Waals surface area (Å²) in [5.41, 5.74) is 5.70. The summed E-state index contributed by atoms with van der Waals surface area (Å²) < 4.78 is 10.6. The smallest absolute Gasteiger partial charge is 0.411 e. The maximum absolute atomic E-state index is 13.9. The number of alkyl carbamates (subject to hydrolysis) is 1. The fourth-order valence-electron chi connectivity index (χ4n) is 9.59. The number of nitrogens with one attached hydrogen (secondary N) is 3. The molecule has 3 amide bonds.